The van der Waals surface area contributed by atoms with Crippen LogP contribution in [0, 0.1) is 5.82 Å². The molecule has 144 valence electrons. The summed E-state index contributed by atoms with van der Waals surface area (Å²) >= 11 is 0. The van der Waals surface area contributed by atoms with Gasteiger partial charge in [-0.05, 0) is 36.4 Å². The van der Waals surface area contributed by atoms with Crippen molar-refractivity contribution in [1.82, 2.24) is 10.7 Å². The summed E-state index contributed by atoms with van der Waals surface area (Å²) in [4.78, 5) is 25.4. The standard InChI is InChI=1S/C23H18FN3O2/c24-19-13-11-16(12-14-19)15-27-21(17-7-3-1-4-8-17)20(23(29)26-27)25-22(28)18-9-5-2-6-10-18/h1-15,20-21H,(H-,25,26,28,29)/p+1/b27-15-/t20-,21-/m1/s1. The van der Waals surface area contributed by atoms with Crippen molar-refractivity contribution in [2.75, 3.05) is 0 Å². The predicted molar refractivity (Wildman–Crippen MR) is 107 cm³/mol. The number of amides is 2. The van der Waals surface area contributed by atoms with Gasteiger partial charge in [0.05, 0.1) is 0 Å². The molecule has 3 aromatic rings. The first kappa shape index (κ1) is 18.6. The van der Waals surface area contributed by atoms with Crippen molar-refractivity contribution in [2.45, 2.75) is 12.1 Å². The Morgan fingerprint density at radius 3 is 2.21 bits per heavy atom. The fourth-order valence-electron chi connectivity index (χ4n) is 3.35. The number of hydrogen-bond acceptors (Lipinski definition) is 2. The highest BCUT2D eigenvalue weighted by atomic mass is 19.1. The molecule has 0 spiro atoms. The van der Waals surface area contributed by atoms with E-state index in [4.69, 9.17) is 0 Å². The van der Waals surface area contributed by atoms with Gasteiger partial charge in [-0.3, -0.25) is 9.59 Å². The minimum atomic E-state index is -0.790. The zero-order valence-electron chi connectivity index (χ0n) is 15.5. The van der Waals surface area contributed by atoms with Crippen LogP contribution in [-0.4, -0.2) is 28.8 Å². The van der Waals surface area contributed by atoms with E-state index in [1.807, 2.05) is 36.4 Å². The number of benzene rings is 3. The van der Waals surface area contributed by atoms with Gasteiger partial charge < -0.3 is 5.32 Å². The van der Waals surface area contributed by atoms with Gasteiger partial charge in [0.25, 0.3) is 5.91 Å². The number of rotatable bonds is 4. The fraction of sp³-hybridized carbons (Fsp3) is 0.0870. The molecule has 3 aromatic carbocycles. The Balaban J connectivity index is 1.69. The molecule has 1 heterocycles. The lowest BCUT2D eigenvalue weighted by Crippen LogP contribution is -2.42. The molecular weight excluding hydrogens is 369 g/mol. The molecule has 0 unspecified atom stereocenters. The zero-order valence-corrected chi connectivity index (χ0v) is 15.5. The van der Waals surface area contributed by atoms with E-state index < -0.39 is 12.1 Å². The Kier molecular flexibility index (Phi) is 5.16. The van der Waals surface area contributed by atoms with Crippen LogP contribution in [0.1, 0.15) is 27.5 Å². The van der Waals surface area contributed by atoms with Gasteiger partial charge in [0, 0.05) is 16.7 Å². The maximum absolute atomic E-state index is 13.2. The maximum atomic E-state index is 13.2. The Morgan fingerprint density at radius 1 is 0.931 bits per heavy atom. The number of nitrogens with one attached hydrogen (secondary N) is 2. The smallest absolute Gasteiger partial charge is 0.304 e. The van der Waals surface area contributed by atoms with E-state index >= 15 is 0 Å². The molecule has 4 rings (SSSR count). The van der Waals surface area contributed by atoms with Crippen molar-refractivity contribution in [3.05, 3.63) is 107 Å². The summed E-state index contributed by atoms with van der Waals surface area (Å²) in [6, 6.07) is 22.9. The molecule has 0 bridgehead atoms. The van der Waals surface area contributed by atoms with Crippen molar-refractivity contribution in [3.8, 4) is 0 Å². The van der Waals surface area contributed by atoms with Gasteiger partial charge >= 0.3 is 5.91 Å². The van der Waals surface area contributed by atoms with Gasteiger partial charge in [0.15, 0.2) is 6.04 Å². The second-order valence-corrected chi connectivity index (χ2v) is 6.74. The van der Waals surface area contributed by atoms with E-state index in [0.29, 0.717) is 5.56 Å². The second kappa shape index (κ2) is 8.06. The summed E-state index contributed by atoms with van der Waals surface area (Å²) in [5, 5.41) is 2.85. The molecule has 0 aromatic heterocycles. The van der Waals surface area contributed by atoms with Crippen LogP contribution in [0.25, 0.3) is 0 Å². The predicted octanol–water partition coefficient (Wildman–Crippen LogP) is 2.84. The lowest BCUT2D eigenvalue weighted by atomic mass is 10.00. The Bertz CT molecular complexity index is 1050. The number of hydrogen-bond donors (Lipinski definition) is 2. The quantitative estimate of drug-likeness (QED) is 0.676. The highest BCUT2D eigenvalue weighted by Crippen LogP contribution is 2.25. The largest absolute Gasteiger partial charge is 0.334 e. The monoisotopic (exact) mass is 388 g/mol. The van der Waals surface area contributed by atoms with Crippen molar-refractivity contribution in [1.29, 1.82) is 0 Å². The van der Waals surface area contributed by atoms with Crippen LogP contribution in [0.15, 0.2) is 84.9 Å². The van der Waals surface area contributed by atoms with Crippen LogP contribution in [0.3, 0.4) is 0 Å². The van der Waals surface area contributed by atoms with Crippen molar-refractivity contribution < 1.29 is 18.7 Å². The van der Waals surface area contributed by atoms with Crippen molar-refractivity contribution >= 4 is 18.0 Å². The number of halogens is 1. The summed E-state index contributed by atoms with van der Waals surface area (Å²) in [5.41, 5.74) is 4.87. The molecule has 0 saturated carbocycles. The second-order valence-electron chi connectivity index (χ2n) is 6.74. The molecule has 2 amide bonds. The molecule has 1 aliphatic rings. The fourth-order valence-corrected chi connectivity index (χ4v) is 3.35. The van der Waals surface area contributed by atoms with E-state index in [1.54, 1.807) is 47.3 Å². The highest BCUT2D eigenvalue weighted by molar-refractivity contribution is 5.98. The molecule has 5 nitrogen and oxygen atoms in total. The lowest BCUT2D eigenvalue weighted by molar-refractivity contribution is -0.596. The summed E-state index contributed by atoms with van der Waals surface area (Å²) < 4.78 is 14.9. The third-order valence-corrected chi connectivity index (χ3v) is 4.76. The molecular formula is C23H19FN3O2+. The van der Waals surface area contributed by atoms with Crippen LogP contribution in [0.2, 0.25) is 0 Å². The molecule has 0 aliphatic carbocycles. The lowest BCUT2D eigenvalue weighted by Gasteiger charge is -2.14. The van der Waals surface area contributed by atoms with Crippen molar-refractivity contribution in [2.24, 2.45) is 0 Å². The molecule has 2 N–H and O–H groups in total. The van der Waals surface area contributed by atoms with Gasteiger partial charge in [-0.25, -0.2) is 4.39 Å². The van der Waals surface area contributed by atoms with E-state index in [9.17, 15) is 14.0 Å². The summed E-state index contributed by atoms with van der Waals surface area (Å²) in [6.07, 6.45) is 1.73. The van der Waals surface area contributed by atoms with Crippen molar-refractivity contribution in [3.63, 3.8) is 0 Å². The molecule has 0 radical (unpaired) electrons. The SMILES string of the molecule is O=C(N[C@H]1C(=O)N/[N+](=C\c2ccc(F)cc2)[C@@H]1c1ccccc1)c1ccccc1. The van der Waals surface area contributed by atoms with Crippen LogP contribution in [0.5, 0.6) is 0 Å². The normalized spacial score (nSPS) is 19.8. The topological polar surface area (TPSA) is 61.2 Å². The molecule has 2 atom stereocenters. The number of nitrogens with zero attached hydrogens (tertiary/aromatic N) is 1. The van der Waals surface area contributed by atoms with Gasteiger partial charge in [0.2, 0.25) is 12.3 Å². The summed E-state index contributed by atoms with van der Waals surface area (Å²) in [6.45, 7) is 0. The van der Waals surface area contributed by atoms with Gasteiger partial charge in [0.1, 0.15) is 5.82 Å². The van der Waals surface area contributed by atoms with E-state index in [1.165, 1.54) is 12.1 Å². The average molecular weight is 388 g/mol. The van der Waals surface area contributed by atoms with Crippen LogP contribution in [0.4, 0.5) is 4.39 Å². The number of hydrazone groups is 1. The summed E-state index contributed by atoms with van der Waals surface area (Å²) in [5.74, 6) is -0.975. The Labute approximate surface area is 167 Å². The van der Waals surface area contributed by atoms with E-state index in [2.05, 4.69) is 10.7 Å². The summed E-state index contributed by atoms with van der Waals surface area (Å²) in [7, 11) is 0. The third-order valence-electron chi connectivity index (χ3n) is 4.76. The number of carbonyl (C=O) groups is 2. The first-order valence-corrected chi connectivity index (χ1v) is 9.22. The Hall–Kier alpha value is -3.80. The van der Waals surface area contributed by atoms with E-state index in [0.717, 1.165) is 11.1 Å². The molecule has 29 heavy (non-hydrogen) atoms. The highest BCUT2D eigenvalue weighted by Gasteiger charge is 2.47. The first-order valence-electron chi connectivity index (χ1n) is 9.22. The van der Waals surface area contributed by atoms with Gasteiger partial charge in [-0.1, -0.05) is 48.5 Å². The molecule has 6 heteroatoms. The average Bonchev–Trinajstić information content (AvgIpc) is 3.05. The molecule has 1 fully saturated rings. The molecule has 1 saturated heterocycles. The van der Waals surface area contributed by atoms with Gasteiger partial charge in [-0.15, -0.1) is 10.1 Å². The Morgan fingerprint density at radius 2 is 1.55 bits per heavy atom. The maximum Gasteiger partial charge on any atom is 0.304 e. The number of hydrazine groups is 1. The van der Waals surface area contributed by atoms with Gasteiger partial charge in [-0.2, -0.15) is 0 Å². The molecule has 1 aliphatic heterocycles. The first-order chi connectivity index (χ1) is 14.1. The minimum absolute atomic E-state index is 0.318. The number of carbonyl (C=O) groups excluding carboxylic acids is 2. The van der Waals surface area contributed by atoms with E-state index in [-0.39, 0.29) is 17.6 Å². The van der Waals surface area contributed by atoms with Crippen LogP contribution < -0.4 is 10.7 Å². The third kappa shape index (κ3) is 4.06. The van der Waals surface area contributed by atoms with Crippen LogP contribution in [-0.2, 0) is 4.79 Å². The minimum Gasteiger partial charge on any atom is -0.334 e. The van der Waals surface area contributed by atoms with Crippen LogP contribution >= 0.6 is 0 Å². The zero-order chi connectivity index (χ0) is 20.2.